The van der Waals surface area contributed by atoms with E-state index in [1.165, 1.54) is 57.8 Å². The van der Waals surface area contributed by atoms with Crippen LogP contribution in [0.25, 0.3) is 0 Å². The molecule has 0 aromatic rings. The Bertz CT molecular complexity index is 466. The van der Waals surface area contributed by atoms with Crippen LogP contribution in [0.4, 0.5) is 0 Å². The molecule has 0 amide bonds. The van der Waals surface area contributed by atoms with E-state index in [0.29, 0.717) is 29.5 Å². The summed E-state index contributed by atoms with van der Waals surface area (Å²) in [5.41, 5.74) is 0.428. The molecule has 4 nitrogen and oxygen atoms in total. The lowest BCUT2D eigenvalue weighted by Crippen LogP contribution is -2.72. The topological polar surface area (TPSA) is 45.7 Å². The van der Waals surface area contributed by atoms with E-state index in [2.05, 4.69) is 22.5 Å². The highest BCUT2D eigenvalue weighted by Crippen LogP contribution is 2.62. The van der Waals surface area contributed by atoms with Gasteiger partial charge in [0.15, 0.2) is 5.96 Å². The third-order valence-corrected chi connectivity index (χ3v) is 7.25. The van der Waals surface area contributed by atoms with Gasteiger partial charge < -0.3 is 15.4 Å². The molecular weight excluding hydrogens is 413 g/mol. The molecule has 3 aliphatic carbocycles. The Morgan fingerprint density at radius 3 is 2.67 bits per heavy atom. The quantitative estimate of drug-likeness (QED) is 0.394. The van der Waals surface area contributed by atoms with Crippen LogP contribution in [-0.4, -0.2) is 37.8 Å². The minimum Gasteiger partial charge on any atom is -0.377 e. The molecule has 4 rings (SSSR count). The summed E-state index contributed by atoms with van der Waals surface area (Å²) in [6, 6.07) is 1.19. The summed E-state index contributed by atoms with van der Waals surface area (Å²) in [5.74, 6) is 2.64. The van der Waals surface area contributed by atoms with Crippen molar-refractivity contribution in [2.24, 2.45) is 22.2 Å². The van der Waals surface area contributed by atoms with Gasteiger partial charge in [-0.1, -0.05) is 32.6 Å². The normalized spacial score (nSPS) is 40.1. The fourth-order valence-corrected chi connectivity index (χ4v) is 5.76. The number of halogens is 1. The number of rotatable bonds is 3. The predicted molar refractivity (Wildman–Crippen MR) is 109 cm³/mol. The van der Waals surface area contributed by atoms with Gasteiger partial charge in [0.2, 0.25) is 0 Å². The highest BCUT2D eigenvalue weighted by Gasteiger charge is 2.66. The van der Waals surface area contributed by atoms with Crippen molar-refractivity contribution < 1.29 is 4.74 Å². The molecule has 5 heteroatoms. The average molecular weight is 447 g/mol. The number of hydrogen-bond acceptors (Lipinski definition) is 2. The van der Waals surface area contributed by atoms with Gasteiger partial charge in [-0.05, 0) is 38.0 Å². The molecule has 5 atom stereocenters. The highest BCUT2D eigenvalue weighted by molar-refractivity contribution is 14.0. The van der Waals surface area contributed by atoms with Crippen LogP contribution in [0, 0.1) is 17.3 Å². The number of ether oxygens (including phenoxy) is 1. The van der Waals surface area contributed by atoms with Gasteiger partial charge in [0.05, 0.1) is 6.10 Å². The number of fused-ring (bicyclic) bond motifs is 2. The van der Waals surface area contributed by atoms with Gasteiger partial charge in [0, 0.05) is 37.1 Å². The van der Waals surface area contributed by atoms with Crippen LogP contribution >= 0.6 is 24.0 Å². The SMILES string of the molecule is CCC1CCCC(NC(=NC)NC2C3CCOC3C23CCC3)C1.I. The summed E-state index contributed by atoms with van der Waals surface area (Å²) in [4.78, 5) is 4.55. The fraction of sp³-hybridized carbons (Fsp3) is 0.947. The van der Waals surface area contributed by atoms with E-state index in [1.54, 1.807) is 0 Å². The van der Waals surface area contributed by atoms with E-state index < -0.39 is 0 Å². The summed E-state index contributed by atoms with van der Waals surface area (Å²) in [6.45, 7) is 3.29. The van der Waals surface area contributed by atoms with Crippen molar-refractivity contribution in [2.75, 3.05) is 13.7 Å². The van der Waals surface area contributed by atoms with E-state index in [4.69, 9.17) is 4.74 Å². The molecule has 138 valence electrons. The number of nitrogens with zero attached hydrogens (tertiary/aromatic N) is 1. The lowest BCUT2D eigenvalue weighted by Gasteiger charge is -2.63. The van der Waals surface area contributed by atoms with Crippen molar-refractivity contribution in [3.05, 3.63) is 0 Å². The summed E-state index contributed by atoms with van der Waals surface area (Å²) < 4.78 is 6.03. The van der Waals surface area contributed by atoms with Crippen molar-refractivity contribution in [1.82, 2.24) is 10.6 Å². The largest absolute Gasteiger partial charge is 0.377 e. The smallest absolute Gasteiger partial charge is 0.191 e. The second kappa shape index (κ2) is 7.68. The third kappa shape index (κ3) is 3.08. The van der Waals surface area contributed by atoms with Crippen molar-refractivity contribution in [3.8, 4) is 0 Å². The second-order valence-corrected chi connectivity index (χ2v) is 8.31. The number of hydrogen-bond donors (Lipinski definition) is 2. The molecule has 1 spiro atoms. The van der Waals surface area contributed by atoms with Crippen LogP contribution < -0.4 is 10.6 Å². The first-order valence-corrected chi connectivity index (χ1v) is 9.88. The van der Waals surface area contributed by atoms with Crippen LogP contribution in [0.5, 0.6) is 0 Å². The van der Waals surface area contributed by atoms with E-state index in [9.17, 15) is 0 Å². The Balaban J connectivity index is 0.00000169. The van der Waals surface area contributed by atoms with E-state index in [-0.39, 0.29) is 24.0 Å². The molecule has 24 heavy (non-hydrogen) atoms. The van der Waals surface area contributed by atoms with Gasteiger partial charge in [-0.25, -0.2) is 0 Å². The molecule has 3 saturated carbocycles. The fourth-order valence-electron chi connectivity index (χ4n) is 5.76. The molecule has 0 aromatic carbocycles. The van der Waals surface area contributed by atoms with Crippen LogP contribution in [0.1, 0.15) is 64.7 Å². The lowest BCUT2D eigenvalue weighted by molar-refractivity contribution is -0.171. The molecule has 0 aromatic heterocycles. The van der Waals surface area contributed by atoms with Gasteiger partial charge in [0.1, 0.15) is 0 Å². The van der Waals surface area contributed by atoms with Crippen LogP contribution in [0.2, 0.25) is 0 Å². The average Bonchev–Trinajstić information content (AvgIpc) is 2.95. The number of guanidine groups is 1. The zero-order valence-corrected chi connectivity index (χ0v) is 17.6. The lowest BCUT2D eigenvalue weighted by atomic mass is 9.46. The van der Waals surface area contributed by atoms with Gasteiger partial charge in [-0.15, -0.1) is 24.0 Å². The van der Waals surface area contributed by atoms with E-state index >= 15 is 0 Å². The summed E-state index contributed by atoms with van der Waals surface area (Å²) in [6.07, 6.45) is 12.5. The Labute approximate surface area is 164 Å². The predicted octanol–water partition coefficient (Wildman–Crippen LogP) is 3.70. The first-order chi connectivity index (χ1) is 11.3. The van der Waals surface area contributed by atoms with Gasteiger partial charge in [-0.2, -0.15) is 0 Å². The summed E-state index contributed by atoms with van der Waals surface area (Å²) in [7, 11) is 1.92. The summed E-state index contributed by atoms with van der Waals surface area (Å²) >= 11 is 0. The molecule has 1 heterocycles. The Hall–Kier alpha value is -0.0400. The summed E-state index contributed by atoms with van der Waals surface area (Å²) in [5, 5.41) is 7.54. The van der Waals surface area contributed by atoms with Crippen molar-refractivity contribution in [1.29, 1.82) is 0 Å². The molecule has 5 unspecified atom stereocenters. The van der Waals surface area contributed by atoms with Crippen molar-refractivity contribution in [3.63, 3.8) is 0 Å². The van der Waals surface area contributed by atoms with E-state index in [1.807, 2.05) is 7.05 Å². The van der Waals surface area contributed by atoms with E-state index in [0.717, 1.165) is 18.5 Å². The second-order valence-electron chi connectivity index (χ2n) is 8.31. The van der Waals surface area contributed by atoms with Crippen molar-refractivity contribution >= 4 is 29.9 Å². The van der Waals surface area contributed by atoms with Crippen molar-refractivity contribution in [2.45, 2.75) is 82.9 Å². The monoisotopic (exact) mass is 447 g/mol. The Morgan fingerprint density at radius 2 is 2.00 bits per heavy atom. The first kappa shape index (κ1) is 18.7. The molecule has 4 aliphatic rings. The molecule has 0 radical (unpaired) electrons. The zero-order valence-electron chi connectivity index (χ0n) is 15.2. The maximum Gasteiger partial charge on any atom is 0.191 e. The van der Waals surface area contributed by atoms with Gasteiger partial charge in [0.25, 0.3) is 0 Å². The maximum absolute atomic E-state index is 6.03. The van der Waals surface area contributed by atoms with Crippen LogP contribution in [-0.2, 0) is 4.74 Å². The standard InChI is InChI=1S/C19H33N3O.HI/c1-3-13-6-4-7-14(12-13)21-18(20-2)22-16-15-8-11-23-17(15)19(16)9-5-10-19;/h13-17H,3-12H2,1-2H3,(H2,20,21,22);1H. The molecule has 2 N–H and O–H groups in total. The molecular formula is C19H34IN3O. The minimum atomic E-state index is 0. The van der Waals surface area contributed by atoms with Gasteiger partial charge in [-0.3, -0.25) is 4.99 Å². The minimum absolute atomic E-state index is 0. The molecule has 1 aliphatic heterocycles. The molecule has 0 bridgehead atoms. The molecule has 4 fully saturated rings. The Kier molecular flexibility index (Phi) is 6.00. The molecule has 1 saturated heterocycles. The number of aliphatic imine (C=N–C) groups is 1. The first-order valence-electron chi connectivity index (χ1n) is 9.88. The van der Waals surface area contributed by atoms with Gasteiger partial charge >= 0.3 is 0 Å². The maximum atomic E-state index is 6.03. The highest BCUT2D eigenvalue weighted by atomic mass is 127. The number of nitrogens with one attached hydrogen (secondary N) is 2. The van der Waals surface area contributed by atoms with Crippen LogP contribution in [0.3, 0.4) is 0 Å². The third-order valence-electron chi connectivity index (χ3n) is 7.25. The zero-order chi connectivity index (χ0) is 15.9. The van der Waals surface area contributed by atoms with Crippen LogP contribution in [0.15, 0.2) is 4.99 Å². The Morgan fingerprint density at radius 1 is 1.17 bits per heavy atom.